The van der Waals surface area contributed by atoms with Gasteiger partial charge in [-0.15, -0.1) is 0 Å². The fourth-order valence-corrected chi connectivity index (χ4v) is 2.17. The van der Waals surface area contributed by atoms with E-state index in [0.29, 0.717) is 0 Å². The van der Waals surface area contributed by atoms with Crippen LogP contribution in [-0.4, -0.2) is 12.0 Å². The van der Waals surface area contributed by atoms with Gasteiger partial charge in [-0.2, -0.15) is 0 Å². The van der Waals surface area contributed by atoms with E-state index in [1.165, 1.54) is 12.1 Å². The number of benzene rings is 2. The van der Waals surface area contributed by atoms with Crippen molar-refractivity contribution >= 4 is 27.3 Å². The third-order valence-electron chi connectivity index (χ3n) is 3.09. The summed E-state index contributed by atoms with van der Waals surface area (Å²) in [4.78, 5) is 10.4. The second kappa shape index (κ2) is 6.58. The van der Waals surface area contributed by atoms with E-state index in [-0.39, 0.29) is 12.3 Å². The highest BCUT2D eigenvalue weighted by molar-refractivity contribution is 9.10. The summed E-state index contributed by atoms with van der Waals surface area (Å²) in [6.45, 7) is 2.24. The van der Waals surface area contributed by atoms with Crippen LogP contribution in [0.3, 0.4) is 0 Å². The van der Waals surface area contributed by atoms with Crippen LogP contribution in [0.25, 0.3) is 0 Å². The molecule has 0 unspecified atom stereocenters. The molecule has 110 valence electrons. The first-order chi connectivity index (χ1) is 10.0. The first kappa shape index (κ1) is 15.3. The molecule has 21 heavy (non-hydrogen) atoms. The van der Waals surface area contributed by atoms with Crippen LogP contribution in [0.5, 0.6) is 5.75 Å². The molecule has 0 radical (unpaired) electrons. The van der Waals surface area contributed by atoms with Crippen LogP contribution >= 0.6 is 15.9 Å². The average Bonchev–Trinajstić information content (AvgIpc) is 2.48. The average molecular weight is 351 g/mol. The Morgan fingerprint density at radius 3 is 2.67 bits per heavy atom. The van der Waals surface area contributed by atoms with E-state index >= 15 is 0 Å². The number of hydrogen-bond acceptors (Lipinski definition) is 4. The fourth-order valence-electron chi connectivity index (χ4n) is 1.93. The molecule has 1 N–H and O–H groups in total. The number of nitrogens with one attached hydrogen (secondary N) is 1. The van der Waals surface area contributed by atoms with Crippen molar-refractivity contribution < 1.29 is 9.66 Å². The monoisotopic (exact) mass is 350 g/mol. The van der Waals surface area contributed by atoms with Gasteiger partial charge in [0.05, 0.1) is 4.92 Å². The predicted octanol–water partition coefficient (Wildman–Crippen LogP) is 4.29. The van der Waals surface area contributed by atoms with Gasteiger partial charge in [0.25, 0.3) is 5.69 Å². The first-order valence-corrected chi connectivity index (χ1v) is 7.14. The first-order valence-electron chi connectivity index (χ1n) is 6.35. The third kappa shape index (κ3) is 3.72. The van der Waals surface area contributed by atoms with Gasteiger partial charge < -0.3 is 10.1 Å². The van der Waals surface area contributed by atoms with Crippen molar-refractivity contribution in [3.05, 3.63) is 62.1 Å². The molecule has 0 spiro atoms. The van der Waals surface area contributed by atoms with Crippen LogP contribution in [0, 0.1) is 17.0 Å². The summed E-state index contributed by atoms with van der Waals surface area (Å²) in [6.07, 6.45) is 0. The minimum absolute atomic E-state index is 0.0552. The summed E-state index contributed by atoms with van der Waals surface area (Å²) in [6, 6.07) is 10.4. The van der Waals surface area contributed by atoms with E-state index in [9.17, 15) is 10.1 Å². The summed E-state index contributed by atoms with van der Waals surface area (Å²) >= 11 is 3.43. The largest absolute Gasteiger partial charge is 0.489 e. The van der Waals surface area contributed by atoms with Gasteiger partial charge >= 0.3 is 0 Å². The molecule has 0 amide bonds. The number of rotatable bonds is 5. The number of nitrogens with zero attached hydrogens (tertiary/aromatic N) is 1. The van der Waals surface area contributed by atoms with Crippen molar-refractivity contribution in [2.24, 2.45) is 0 Å². The minimum atomic E-state index is -0.410. The van der Waals surface area contributed by atoms with E-state index in [1.807, 2.05) is 25.1 Å². The molecular weight excluding hydrogens is 336 g/mol. The lowest BCUT2D eigenvalue weighted by molar-refractivity contribution is -0.384. The minimum Gasteiger partial charge on any atom is -0.489 e. The quantitative estimate of drug-likeness (QED) is 0.645. The molecule has 0 atom stereocenters. The van der Waals surface area contributed by atoms with Crippen LogP contribution in [0.2, 0.25) is 0 Å². The highest BCUT2D eigenvalue weighted by Gasteiger charge is 2.11. The molecular formula is C15H15BrN2O3. The lowest BCUT2D eigenvalue weighted by Crippen LogP contribution is -2.02. The van der Waals surface area contributed by atoms with Crippen LogP contribution < -0.4 is 10.1 Å². The van der Waals surface area contributed by atoms with Crippen molar-refractivity contribution in [1.29, 1.82) is 0 Å². The maximum absolute atomic E-state index is 10.8. The number of ether oxygens (including phenoxy) is 1. The number of hydrogen-bond donors (Lipinski definition) is 1. The number of aryl methyl sites for hydroxylation is 1. The zero-order valence-corrected chi connectivity index (χ0v) is 13.3. The predicted molar refractivity (Wildman–Crippen MR) is 85.9 cm³/mol. The Bertz CT molecular complexity index is 674. The Hall–Kier alpha value is -2.08. The third-order valence-corrected chi connectivity index (χ3v) is 3.98. The van der Waals surface area contributed by atoms with Gasteiger partial charge in [-0.25, -0.2) is 0 Å². The van der Waals surface area contributed by atoms with E-state index < -0.39 is 4.92 Å². The van der Waals surface area contributed by atoms with Crippen molar-refractivity contribution in [2.45, 2.75) is 13.5 Å². The summed E-state index contributed by atoms with van der Waals surface area (Å²) in [7, 11) is 1.77. The van der Waals surface area contributed by atoms with E-state index in [4.69, 9.17) is 4.74 Å². The van der Waals surface area contributed by atoms with Crippen LogP contribution in [0.4, 0.5) is 11.4 Å². The van der Waals surface area contributed by atoms with Gasteiger partial charge in [0.2, 0.25) is 0 Å². The summed E-state index contributed by atoms with van der Waals surface area (Å²) in [5, 5.41) is 13.9. The van der Waals surface area contributed by atoms with E-state index in [1.54, 1.807) is 13.1 Å². The molecule has 0 aliphatic carbocycles. The summed E-state index contributed by atoms with van der Waals surface area (Å²) in [5.41, 5.74) is 2.68. The lowest BCUT2D eigenvalue weighted by Gasteiger charge is -2.11. The smallest absolute Gasteiger partial charge is 0.269 e. The Morgan fingerprint density at radius 1 is 1.29 bits per heavy atom. The van der Waals surface area contributed by atoms with Crippen LogP contribution in [0.15, 0.2) is 40.9 Å². The summed E-state index contributed by atoms with van der Waals surface area (Å²) in [5.74, 6) is 0.726. The Kier molecular flexibility index (Phi) is 4.80. The van der Waals surface area contributed by atoms with Crippen molar-refractivity contribution in [1.82, 2.24) is 0 Å². The van der Waals surface area contributed by atoms with Gasteiger partial charge in [-0.1, -0.05) is 15.9 Å². The SMILES string of the molecule is CNc1ccc([N+](=O)[O-])cc1COc1ccc(Br)c(C)c1. The molecule has 0 fully saturated rings. The van der Waals surface area contributed by atoms with E-state index in [2.05, 4.69) is 21.2 Å². The molecule has 2 rings (SSSR count). The molecule has 0 aliphatic heterocycles. The Morgan fingerprint density at radius 2 is 2.05 bits per heavy atom. The number of non-ortho nitro benzene ring substituents is 1. The maximum atomic E-state index is 10.8. The van der Waals surface area contributed by atoms with Crippen molar-refractivity contribution in [3.8, 4) is 5.75 Å². The molecule has 6 heteroatoms. The number of nitro groups is 1. The normalized spacial score (nSPS) is 10.2. The zero-order valence-electron chi connectivity index (χ0n) is 11.7. The van der Waals surface area contributed by atoms with Gasteiger partial charge in [-0.05, 0) is 36.8 Å². The molecule has 2 aromatic rings. The molecule has 2 aromatic carbocycles. The standard InChI is InChI=1S/C15H15BrN2O3/c1-10-7-13(4-5-14(10)16)21-9-11-8-12(18(19)20)3-6-15(11)17-2/h3-8,17H,9H2,1-2H3. The lowest BCUT2D eigenvalue weighted by atomic mass is 10.1. The molecule has 0 saturated heterocycles. The van der Waals surface area contributed by atoms with Crippen molar-refractivity contribution in [3.63, 3.8) is 0 Å². The van der Waals surface area contributed by atoms with Crippen molar-refractivity contribution in [2.75, 3.05) is 12.4 Å². The maximum Gasteiger partial charge on any atom is 0.269 e. The Labute approximate surface area is 131 Å². The van der Waals surface area contributed by atoms with Crippen LogP contribution in [0.1, 0.15) is 11.1 Å². The van der Waals surface area contributed by atoms with Gasteiger partial charge in [0.15, 0.2) is 0 Å². The second-order valence-corrected chi connectivity index (χ2v) is 5.40. The zero-order chi connectivity index (χ0) is 15.4. The Balaban J connectivity index is 2.19. The number of nitro benzene ring substituents is 1. The van der Waals surface area contributed by atoms with Gasteiger partial charge in [0.1, 0.15) is 12.4 Å². The molecule has 0 heterocycles. The van der Waals surface area contributed by atoms with Gasteiger partial charge in [0, 0.05) is 34.9 Å². The molecule has 0 aromatic heterocycles. The molecule has 0 bridgehead atoms. The molecule has 5 nitrogen and oxygen atoms in total. The highest BCUT2D eigenvalue weighted by atomic mass is 79.9. The van der Waals surface area contributed by atoms with E-state index in [0.717, 1.165) is 27.0 Å². The number of anilines is 1. The molecule has 0 saturated carbocycles. The second-order valence-electron chi connectivity index (χ2n) is 4.55. The topological polar surface area (TPSA) is 64.4 Å². The summed E-state index contributed by atoms with van der Waals surface area (Å²) < 4.78 is 6.74. The number of halogens is 1. The van der Waals surface area contributed by atoms with Gasteiger partial charge in [-0.3, -0.25) is 10.1 Å². The fraction of sp³-hybridized carbons (Fsp3) is 0.200. The highest BCUT2D eigenvalue weighted by Crippen LogP contribution is 2.25. The van der Waals surface area contributed by atoms with Crippen LogP contribution in [-0.2, 0) is 6.61 Å². The molecule has 0 aliphatic rings.